The van der Waals surface area contributed by atoms with E-state index in [0.717, 1.165) is 0 Å². The summed E-state index contributed by atoms with van der Waals surface area (Å²) in [6.45, 7) is 1.38. The molecule has 3 N–H and O–H groups in total. The molecule has 3 aromatic carbocycles. The lowest BCUT2D eigenvalue weighted by atomic mass is 9.98. The van der Waals surface area contributed by atoms with Crippen LogP contribution in [0.15, 0.2) is 66.7 Å². The summed E-state index contributed by atoms with van der Waals surface area (Å²) >= 11 is 0. The van der Waals surface area contributed by atoms with Crippen LogP contribution in [-0.2, 0) is 4.74 Å². The van der Waals surface area contributed by atoms with Crippen molar-refractivity contribution in [3.05, 3.63) is 83.4 Å². The van der Waals surface area contributed by atoms with E-state index in [1.165, 1.54) is 29.4 Å². The van der Waals surface area contributed by atoms with Crippen LogP contribution in [0.1, 0.15) is 40.2 Å². The highest BCUT2D eigenvalue weighted by atomic mass is 16.6. The smallest absolute Gasteiger partial charge is 0.409 e. The van der Waals surface area contributed by atoms with Gasteiger partial charge in [-0.1, -0.05) is 48.5 Å². The molecule has 180 valence electrons. The van der Waals surface area contributed by atoms with Crippen molar-refractivity contribution in [3.63, 3.8) is 0 Å². The first kappa shape index (κ1) is 22.8. The number of amides is 2. The molecule has 0 unspecified atom stereocenters. The lowest BCUT2D eigenvalue weighted by Gasteiger charge is -2.32. The van der Waals surface area contributed by atoms with Gasteiger partial charge in [0.15, 0.2) is 0 Å². The molecule has 0 aromatic heterocycles. The number of nitrogens with zero attached hydrogens (tertiary/aromatic N) is 1. The molecule has 0 bridgehead atoms. The number of hydrogen-bond donors (Lipinski definition) is 2. The summed E-state index contributed by atoms with van der Waals surface area (Å²) in [5.41, 5.74) is 11.6. The van der Waals surface area contributed by atoms with E-state index in [9.17, 15) is 9.59 Å². The van der Waals surface area contributed by atoms with Crippen molar-refractivity contribution in [2.24, 2.45) is 0 Å². The highest BCUT2D eigenvalue weighted by Crippen LogP contribution is 2.44. The van der Waals surface area contributed by atoms with Crippen LogP contribution in [0.5, 0.6) is 5.75 Å². The van der Waals surface area contributed by atoms with E-state index in [4.69, 9.17) is 15.2 Å². The maximum atomic E-state index is 12.8. The zero-order valence-corrected chi connectivity index (χ0v) is 19.7. The van der Waals surface area contributed by atoms with E-state index in [0.29, 0.717) is 49.5 Å². The Hall–Kier alpha value is -4.00. The van der Waals surface area contributed by atoms with Gasteiger partial charge in [0.2, 0.25) is 0 Å². The standard InChI is InChI=1S/C28H29N3O4/c1-34-26-16-18(10-11-25(26)29)27(32)30-19-12-14-31(15-13-19)28(33)35-17-24-22-8-4-2-6-20(22)21-7-3-5-9-23(21)24/h2-11,16,19,24H,12-15,17,29H2,1H3,(H,30,32). The number of ether oxygens (including phenoxy) is 2. The fourth-order valence-corrected chi connectivity index (χ4v) is 5.01. The lowest BCUT2D eigenvalue weighted by Crippen LogP contribution is -2.46. The molecule has 7 heteroatoms. The molecule has 1 fully saturated rings. The van der Waals surface area contributed by atoms with Crippen LogP contribution in [0, 0.1) is 0 Å². The van der Waals surface area contributed by atoms with Gasteiger partial charge in [0.1, 0.15) is 12.4 Å². The zero-order valence-electron chi connectivity index (χ0n) is 19.7. The number of likely N-dealkylation sites (tertiary alicyclic amines) is 1. The number of fused-ring (bicyclic) bond motifs is 3. The molecule has 1 aliphatic carbocycles. The van der Waals surface area contributed by atoms with Gasteiger partial charge < -0.3 is 25.4 Å². The van der Waals surface area contributed by atoms with Crippen molar-refractivity contribution in [2.45, 2.75) is 24.8 Å². The van der Waals surface area contributed by atoms with Gasteiger partial charge in [-0.15, -0.1) is 0 Å². The number of hydrogen-bond acceptors (Lipinski definition) is 5. The normalized spacial score (nSPS) is 15.3. The SMILES string of the molecule is COc1cc(C(=O)NC2CCN(C(=O)OCC3c4ccccc4-c4ccccc43)CC2)ccc1N. The van der Waals surface area contributed by atoms with Crippen molar-refractivity contribution in [3.8, 4) is 16.9 Å². The summed E-state index contributed by atoms with van der Waals surface area (Å²) in [5, 5.41) is 3.05. The predicted molar refractivity (Wildman–Crippen MR) is 135 cm³/mol. The molecule has 1 aliphatic heterocycles. The molecule has 5 rings (SSSR count). The molecule has 0 radical (unpaired) electrons. The minimum Gasteiger partial charge on any atom is -0.495 e. The van der Waals surface area contributed by atoms with E-state index >= 15 is 0 Å². The van der Waals surface area contributed by atoms with Crippen LogP contribution in [-0.4, -0.2) is 49.7 Å². The quantitative estimate of drug-likeness (QED) is 0.537. The number of nitrogen functional groups attached to an aromatic ring is 1. The molecule has 0 spiro atoms. The third-order valence-electron chi connectivity index (χ3n) is 6.92. The monoisotopic (exact) mass is 471 g/mol. The molecule has 2 amide bonds. The van der Waals surface area contributed by atoms with Crippen molar-refractivity contribution < 1.29 is 19.1 Å². The second kappa shape index (κ2) is 9.70. The first-order valence-corrected chi connectivity index (χ1v) is 11.9. The second-order valence-corrected chi connectivity index (χ2v) is 9.00. The van der Waals surface area contributed by atoms with Gasteiger partial charge in [0.05, 0.1) is 12.8 Å². The summed E-state index contributed by atoms with van der Waals surface area (Å²) in [6, 6.07) is 21.6. The van der Waals surface area contributed by atoms with Crippen LogP contribution in [0.4, 0.5) is 10.5 Å². The molecule has 1 heterocycles. The van der Waals surface area contributed by atoms with Gasteiger partial charge in [-0.3, -0.25) is 4.79 Å². The first-order chi connectivity index (χ1) is 17.0. The summed E-state index contributed by atoms with van der Waals surface area (Å²) in [6.07, 6.45) is 1.03. The van der Waals surface area contributed by atoms with Gasteiger partial charge in [0, 0.05) is 30.6 Å². The Labute approximate surface area is 204 Å². The average molecular weight is 472 g/mol. The third kappa shape index (κ3) is 4.54. The largest absolute Gasteiger partial charge is 0.495 e. The molecular formula is C28H29N3O4. The Bertz CT molecular complexity index is 1200. The minimum atomic E-state index is -0.306. The third-order valence-corrected chi connectivity index (χ3v) is 6.92. The average Bonchev–Trinajstić information content (AvgIpc) is 3.21. The van der Waals surface area contributed by atoms with E-state index in [2.05, 4.69) is 29.6 Å². The van der Waals surface area contributed by atoms with Crippen molar-refractivity contribution in [1.82, 2.24) is 10.2 Å². The van der Waals surface area contributed by atoms with E-state index < -0.39 is 0 Å². The van der Waals surface area contributed by atoms with Crippen LogP contribution < -0.4 is 15.8 Å². The minimum absolute atomic E-state index is 0.0105. The molecule has 0 saturated carbocycles. The molecular weight excluding hydrogens is 442 g/mol. The maximum absolute atomic E-state index is 12.8. The van der Waals surface area contributed by atoms with Crippen molar-refractivity contribution in [1.29, 1.82) is 0 Å². The summed E-state index contributed by atoms with van der Waals surface area (Å²) in [7, 11) is 1.52. The number of benzene rings is 3. The maximum Gasteiger partial charge on any atom is 0.409 e. The lowest BCUT2D eigenvalue weighted by molar-refractivity contribution is 0.0830. The van der Waals surface area contributed by atoms with Crippen LogP contribution in [0.3, 0.4) is 0 Å². The number of piperidine rings is 1. The molecule has 2 aliphatic rings. The zero-order chi connectivity index (χ0) is 24.4. The fraction of sp³-hybridized carbons (Fsp3) is 0.286. The summed E-state index contributed by atoms with van der Waals surface area (Å²) in [4.78, 5) is 27.2. The topological polar surface area (TPSA) is 93.9 Å². The predicted octanol–water partition coefficient (Wildman–Crippen LogP) is 4.42. The molecule has 3 aromatic rings. The fourth-order valence-electron chi connectivity index (χ4n) is 5.01. The number of methoxy groups -OCH3 is 1. The Morgan fingerprint density at radius 3 is 2.23 bits per heavy atom. The number of anilines is 1. The Balaban J connectivity index is 1.15. The molecule has 7 nitrogen and oxygen atoms in total. The van der Waals surface area contributed by atoms with Gasteiger partial charge in [-0.25, -0.2) is 4.79 Å². The van der Waals surface area contributed by atoms with Gasteiger partial charge in [-0.05, 0) is 53.3 Å². The van der Waals surface area contributed by atoms with Crippen molar-refractivity contribution in [2.75, 3.05) is 32.5 Å². The highest BCUT2D eigenvalue weighted by molar-refractivity contribution is 5.95. The van der Waals surface area contributed by atoms with Gasteiger partial charge in [0.25, 0.3) is 5.91 Å². The van der Waals surface area contributed by atoms with Gasteiger partial charge >= 0.3 is 6.09 Å². The van der Waals surface area contributed by atoms with E-state index in [1.807, 2.05) is 24.3 Å². The Morgan fingerprint density at radius 2 is 1.60 bits per heavy atom. The highest BCUT2D eigenvalue weighted by Gasteiger charge is 2.31. The Kier molecular flexibility index (Phi) is 6.31. The van der Waals surface area contributed by atoms with Crippen LogP contribution in [0.25, 0.3) is 11.1 Å². The molecule has 0 atom stereocenters. The van der Waals surface area contributed by atoms with E-state index in [-0.39, 0.29) is 24.0 Å². The van der Waals surface area contributed by atoms with Crippen molar-refractivity contribution >= 4 is 17.7 Å². The van der Waals surface area contributed by atoms with Gasteiger partial charge in [-0.2, -0.15) is 0 Å². The Morgan fingerprint density at radius 1 is 0.971 bits per heavy atom. The number of carbonyl (C=O) groups excluding carboxylic acids is 2. The van der Waals surface area contributed by atoms with Crippen LogP contribution in [0.2, 0.25) is 0 Å². The number of carbonyl (C=O) groups is 2. The van der Waals surface area contributed by atoms with Crippen LogP contribution >= 0.6 is 0 Å². The molecule has 35 heavy (non-hydrogen) atoms. The van der Waals surface area contributed by atoms with E-state index in [1.54, 1.807) is 23.1 Å². The second-order valence-electron chi connectivity index (χ2n) is 9.00. The number of nitrogens with two attached hydrogens (primary N) is 1. The summed E-state index contributed by atoms with van der Waals surface area (Å²) < 4.78 is 11.0. The molecule has 1 saturated heterocycles. The number of rotatable bonds is 5. The summed E-state index contributed by atoms with van der Waals surface area (Å²) in [5.74, 6) is 0.339. The number of nitrogens with one attached hydrogen (secondary N) is 1. The first-order valence-electron chi connectivity index (χ1n) is 11.9.